The van der Waals surface area contributed by atoms with Crippen molar-refractivity contribution in [2.75, 3.05) is 26.6 Å². The Labute approximate surface area is 111 Å². The van der Waals surface area contributed by atoms with Crippen molar-refractivity contribution in [2.24, 2.45) is 0 Å². The van der Waals surface area contributed by atoms with Gasteiger partial charge in [-0.1, -0.05) is 0 Å². The first-order valence-corrected chi connectivity index (χ1v) is 7.44. The fraction of sp³-hybridized carbons (Fsp3) is 0.333. The van der Waals surface area contributed by atoms with Crippen LogP contribution in [0.3, 0.4) is 0 Å². The van der Waals surface area contributed by atoms with Crippen molar-refractivity contribution >= 4 is 21.0 Å². The highest BCUT2D eigenvalue weighted by molar-refractivity contribution is 7.85. The lowest BCUT2D eigenvalue weighted by Gasteiger charge is -2.11. The number of benzene rings is 1. The van der Waals surface area contributed by atoms with Crippen LogP contribution >= 0.6 is 0 Å². The Hall–Kier alpha value is -1.73. The van der Waals surface area contributed by atoms with E-state index in [0.717, 1.165) is 17.2 Å². The van der Waals surface area contributed by atoms with Gasteiger partial charge in [0.05, 0.1) is 18.9 Å². The van der Waals surface area contributed by atoms with Gasteiger partial charge in [-0.25, -0.2) is 0 Å². The molecule has 0 unspecified atom stereocenters. The van der Waals surface area contributed by atoms with Crippen LogP contribution in [0.2, 0.25) is 0 Å². The summed E-state index contributed by atoms with van der Waals surface area (Å²) in [7, 11) is -1.90. The molecule has 6 nitrogen and oxygen atoms in total. The number of hydrogen-bond acceptors (Lipinski definition) is 5. The third-order valence-corrected chi connectivity index (χ3v) is 3.09. The van der Waals surface area contributed by atoms with Gasteiger partial charge in [0.1, 0.15) is 13.2 Å². The van der Waals surface area contributed by atoms with E-state index in [1.807, 2.05) is 12.1 Å². The highest BCUT2D eigenvalue weighted by atomic mass is 32.2. The number of aromatic amines is 1. The Kier molecular flexibility index (Phi) is 3.96. The van der Waals surface area contributed by atoms with Crippen molar-refractivity contribution in [2.45, 2.75) is 0 Å². The smallest absolute Gasteiger partial charge is 0.264 e. The van der Waals surface area contributed by atoms with Crippen LogP contribution in [-0.4, -0.2) is 40.0 Å². The first-order chi connectivity index (χ1) is 9.01. The number of rotatable bonds is 6. The predicted octanol–water partition coefficient (Wildman–Crippen LogP) is 1.53. The monoisotopic (exact) mass is 285 g/mol. The standard InChI is InChI=1S/C12H15NO5S/c1-16-10-4-3-9-5-6-13-11(9)12(10)17-7-8-18-19(2,14)15/h3-6,13H,7-8H2,1-2H3. The lowest BCUT2D eigenvalue weighted by atomic mass is 10.2. The molecule has 0 aliphatic carbocycles. The van der Waals surface area contributed by atoms with Crippen molar-refractivity contribution in [1.29, 1.82) is 0 Å². The highest BCUT2D eigenvalue weighted by Crippen LogP contribution is 2.34. The predicted molar refractivity (Wildman–Crippen MR) is 71.1 cm³/mol. The van der Waals surface area contributed by atoms with Crippen LogP contribution in [0.25, 0.3) is 10.9 Å². The summed E-state index contributed by atoms with van der Waals surface area (Å²) in [5, 5.41) is 0.986. The van der Waals surface area contributed by atoms with Gasteiger partial charge in [0.2, 0.25) is 0 Å². The van der Waals surface area contributed by atoms with Crippen LogP contribution in [0.15, 0.2) is 24.4 Å². The molecule has 1 aromatic carbocycles. The molecule has 104 valence electrons. The second-order valence-electron chi connectivity index (χ2n) is 3.91. The molecule has 1 N–H and O–H groups in total. The fourth-order valence-corrected chi connectivity index (χ4v) is 2.09. The summed E-state index contributed by atoms with van der Waals surface area (Å²) >= 11 is 0. The van der Waals surface area contributed by atoms with Gasteiger partial charge in [-0.15, -0.1) is 0 Å². The van der Waals surface area contributed by atoms with Crippen LogP contribution in [0.5, 0.6) is 11.5 Å². The fourth-order valence-electron chi connectivity index (χ4n) is 1.71. The summed E-state index contributed by atoms with van der Waals surface area (Å²) in [6.45, 7) is 0.0701. The van der Waals surface area contributed by atoms with Gasteiger partial charge in [0.15, 0.2) is 11.5 Å². The molecule has 19 heavy (non-hydrogen) atoms. The first-order valence-electron chi connectivity index (χ1n) is 5.62. The average Bonchev–Trinajstić information content (AvgIpc) is 2.81. The van der Waals surface area contributed by atoms with E-state index >= 15 is 0 Å². The Morgan fingerprint density at radius 2 is 2.00 bits per heavy atom. The van der Waals surface area contributed by atoms with Crippen molar-refractivity contribution in [1.82, 2.24) is 4.98 Å². The Morgan fingerprint density at radius 1 is 1.21 bits per heavy atom. The Morgan fingerprint density at radius 3 is 2.68 bits per heavy atom. The maximum Gasteiger partial charge on any atom is 0.264 e. The van der Waals surface area contributed by atoms with E-state index in [0.29, 0.717) is 11.5 Å². The summed E-state index contributed by atoms with van der Waals surface area (Å²) in [5.74, 6) is 1.12. The third-order valence-electron chi connectivity index (χ3n) is 2.49. The van der Waals surface area contributed by atoms with Crippen LogP contribution < -0.4 is 9.47 Å². The highest BCUT2D eigenvalue weighted by Gasteiger charge is 2.11. The lowest BCUT2D eigenvalue weighted by Crippen LogP contribution is -2.11. The van der Waals surface area contributed by atoms with E-state index in [1.54, 1.807) is 19.4 Å². The minimum Gasteiger partial charge on any atom is -0.493 e. The molecule has 1 aromatic heterocycles. The molecule has 1 heterocycles. The molecule has 0 saturated carbocycles. The summed E-state index contributed by atoms with van der Waals surface area (Å²) < 4.78 is 37.0. The van der Waals surface area contributed by atoms with E-state index in [-0.39, 0.29) is 13.2 Å². The minimum atomic E-state index is -3.44. The maximum atomic E-state index is 10.8. The largest absolute Gasteiger partial charge is 0.493 e. The van der Waals surface area contributed by atoms with Crippen LogP contribution in [0, 0.1) is 0 Å². The summed E-state index contributed by atoms with van der Waals surface area (Å²) in [4.78, 5) is 3.06. The molecule has 0 aliphatic rings. The van der Waals surface area contributed by atoms with Crippen molar-refractivity contribution in [3.05, 3.63) is 24.4 Å². The van der Waals surface area contributed by atoms with Gasteiger partial charge < -0.3 is 14.5 Å². The van der Waals surface area contributed by atoms with E-state index in [1.165, 1.54) is 0 Å². The number of H-pyrrole nitrogens is 1. The summed E-state index contributed by atoms with van der Waals surface area (Å²) in [6.07, 6.45) is 2.79. The first kappa shape index (κ1) is 13.7. The van der Waals surface area contributed by atoms with Crippen molar-refractivity contribution in [3.63, 3.8) is 0 Å². The molecular formula is C12H15NO5S. The zero-order valence-corrected chi connectivity index (χ0v) is 11.5. The Bertz CT molecular complexity index is 662. The normalized spacial score (nSPS) is 11.7. The number of nitrogens with one attached hydrogen (secondary N) is 1. The molecule has 0 aliphatic heterocycles. The van der Waals surface area contributed by atoms with Gasteiger partial charge in [-0.2, -0.15) is 8.42 Å². The molecule has 0 bridgehead atoms. The molecule has 0 fully saturated rings. The summed E-state index contributed by atoms with van der Waals surface area (Å²) in [6, 6.07) is 5.61. The van der Waals surface area contributed by atoms with Crippen molar-refractivity contribution < 1.29 is 22.1 Å². The van der Waals surface area contributed by atoms with Gasteiger partial charge in [0.25, 0.3) is 10.1 Å². The number of aromatic nitrogens is 1. The molecule has 7 heteroatoms. The molecule has 0 amide bonds. The SMILES string of the molecule is COc1ccc2cc[nH]c2c1OCCOS(C)(=O)=O. The van der Waals surface area contributed by atoms with Gasteiger partial charge >= 0.3 is 0 Å². The molecular weight excluding hydrogens is 270 g/mol. The zero-order valence-electron chi connectivity index (χ0n) is 10.7. The number of ether oxygens (including phenoxy) is 2. The molecule has 0 spiro atoms. The van der Waals surface area contributed by atoms with E-state index in [2.05, 4.69) is 9.17 Å². The molecule has 2 aromatic rings. The van der Waals surface area contributed by atoms with E-state index < -0.39 is 10.1 Å². The summed E-state index contributed by atoms with van der Waals surface area (Å²) in [5.41, 5.74) is 0.804. The molecule has 2 rings (SSSR count). The van der Waals surface area contributed by atoms with Gasteiger partial charge in [0, 0.05) is 11.6 Å². The topological polar surface area (TPSA) is 77.6 Å². The number of methoxy groups -OCH3 is 1. The van der Waals surface area contributed by atoms with Crippen molar-refractivity contribution in [3.8, 4) is 11.5 Å². The van der Waals surface area contributed by atoms with E-state index in [4.69, 9.17) is 9.47 Å². The lowest BCUT2D eigenvalue weighted by molar-refractivity contribution is 0.218. The van der Waals surface area contributed by atoms with Gasteiger partial charge in [-0.05, 0) is 18.2 Å². The quantitative estimate of drug-likeness (QED) is 0.643. The maximum absolute atomic E-state index is 10.8. The number of fused-ring (bicyclic) bond motifs is 1. The van der Waals surface area contributed by atoms with Crippen LogP contribution in [-0.2, 0) is 14.3 Å². The minimum absolute atomic E-state index is 0.0426. The van der Waals surface area contributed by atoms with Crippen LogP contribution in [0.4, 0.5) is 0 Å². The molecule has 0 atom stereocenters. The average molecular weight is 285 g/mol. The third kappa shape index (κ3) is 3.39. The molecule has 0 saturated heterocycles. The van der Waals surface area contributed by atoms with Gasteiger partial charge in [-0.3, -0.25) is 4.18 Å². The zero-order chi connectivity index (χ0) is 13.9. The second-order valence-corrected chi connectivity index (χ2v) is 5.56. The number of hydrogen-bond donors (Lipinski definition) is 1. The second kappa shape index (κ2) is 5.50. The van der Waals surface area contributed by atoms with Crippen LogP contribution in [0.1, 0.15) is 0 Å². The Balaban J connectivity index is 2.12. The van der Waals surface area contributed by atoms with E-state index in [9.17, 15) is 8.42 Å². The molecule has 0 radical (unpaired) electrons.